The molecule has 0 bridgehead atoms. The summed E-state index contributed by atoms with van der Waals surface area (Å²) in [5, 5.41) is 0. The van der Waals surface area contributed by atoms with E-state index in [-0.39, 0.29) is 0 Å². The maximum atomic E-state index is 11.2. The van der Waals surface area contributed by atoms with E-state index < -0.39 is 8.03 Å². The number of benzene rings is 1. The summed E-state index contributed by atoms with van der Waals surface area (Å²) in [5.41, 5.74) is 7.22. The molecule has 1 aromatic carbocycles. The quantitative estimate of drug-likeness (QED) is 0.597. The Morgan fingerprint density at radius 2 is 2.00 bits per heavy atom. The van der Waals surface area contributed by atoms with Crippen molar-refractivity contribution in [3.63, 3.8) is 0 Å². The van der Waals surface area contributed by atoms with Gasteiger partial charge < -0.3 is 5.73 Å². The molecule has 13 heavy (non-hydrogen) atoms. The lowest BCUT2D eigenvalue weighted by Crippen LogP contribution is -1.86. The molecule has 0 saturated carbocycles. The van der Waals surface area contributed by atoms with E-state index in [9.17, 15) is 4.57 Å². The summed E-state index contributed by atoms with van der Waals surface area (Å²) < 4.78 is 16.1. The van der Waals surface area contributed by atoms with Crippen molar-refractivity contribution in [3.8, 4) is 0 Å². The zero-order valence-electron chi connectivity index (χ0n) is 7.56. The number of rotatable bonds is 4. The average molecular weight is 198 g/mol. The third kappa shape index (κ3) is 3.53. The van der Waals surface area contributed by atoms with Gasteiger partial charge >= 0.3 is 8.03 Å². The highest BCUT2D eigenvalue weighted by atomic mass is 31.1. The van der Waals surface area contributed by atoms with Crippen molar-refractivity contribution in [3.05, 3.63) is 29.8 Å². The van der Waals surface area contributed by atoms with Gasteiger partial charge in [-0.2, -0.15) is 0 Å². The number of nitrogens with two attached hydrogens (primary N) is 1. The van der Waals surface area contributed by atoms with Gasteiger partial charge in [-0.25, -0.2) is 0 Å². The predicted molar refractivity (Wildman–Crippen MR) is 53.8 cm³/mol. The standard InChI is InChI=1S/C9H13NO2P/c1-2-12-13(11)7-8-3-5-9(10)6-4-8/h3-6H,2,7,10H2,1H3/q+1. The molecule has 1 aromatic rings. The topological polar surface area (TPSA) is 52.3 Å². The number of hydrogen-bond donors (Lipinski definition) is 1. The summed E-state index contributed by atoms with van der Waals surface area (Å²) in [5.74, 6) is 0. The second-order valence-electron chi connectivity index (χ2n) is 2.65. The first-order valence-electron chi connectivity index (χ1n) is 4.14. The van der Waals surface area contributed by atoms with Crippen molar-refractivity contribution in [1.82, 2.24) is 0 Å². The summed E-state index contributed by atoms with van der Waals surface area (Å²) in [6.45, 7) is 2.32. The van der Waals surface area contributed by atoms with Gasteiger partial charge in [-0.1, -0.05) is 12.1 Å². The van der Waals surface area contributed by atoms with Crippen molar-refractivity contribution in [2.24, 2.45) is 0 Å². The van der Waals surface area contributed by atoms with Crippen molar-refractivity contribution < 1.29 is 9.09 Å². The van der Waals surface area contributed by atoms with Gasteiger partial charge in [0.25, 0.3) is 0 Å². The van der Waals surface area contributed by atoms with Crippen LogP contribution in [0, 0.1) is 0 Å². The van der Waals surface area contributed by atoms with Crippen LogP contribution in [0.4, 0.5) is 5.69 Å². The van der Waals surface area contributed by atoms with Crippen LogP contribution in [-0.4, -0.2) is 6.61 Å². The molecule has 0 aliphatic heterocycles. The Morgan fingerprint density at radius 1 is 1.38 bits per heavy atom. The van der Waals surface area contributed by atoms with E-state index in [1.54, 1.807) is 12.1 Å². The average Bonchev–Trinajstić information content (AvgIpc) is 2.09. The van der Waals surface area contributed by atoms with Crippen LogP contribution >= 0.6 is 8.03 Å². The lowest BCUT2D eigenvalue weighted by Gasteiger charge is -1.93. The molecule has 0 aliphatic carbocycles. The third-order valence-electron chi connectivity index (χ3n) is 1.56. The van der Waals surface area contributed by atoms with Gasteiger partial charge in [0.05, 0.1) is 6.61 Å². The van der Waals surface area contributed by atoms with Crippen LogP contribution in [-0.2, 0) is 15.3 Å². The fraction of sp³-hybridized carbons (Fsp3) is 0.333. The van der Waals surface area contributed by atoms with E-state index in [1.165, 1.54) is 0 Å². The van der Waals surface area contributed by atoms with Gasteiger partial charge in [0.2, 0.25) is 6.16 Å². The minimum atomic E-state index is -1.56. The molecule has 0 spiro atoms. The fourth-order valence-electron chi connectivity index (χ4n) is 0.962. The molecule has 1 unspecified atom stereocenters. The van der Waals surface area contributed by atoms with Gasteiger partial charge in [0.15, 0.2) is 0 Å². The molecule has 0 fully saturated rings. The molecule has 0 aromatic heterocycles. The summed E-state index contributed by atoms with van der Waals surface area (Å²) in [6, 6.07) is 7.32. The van der Waals surface area contributed by atoms with Gasteiger partial charge in [-0.05, 0) is 23.6 Å². The molecule has 4 heteroatoms. The molecule has 0 aliphatic rings. The predicted octanol–water partition coefficient (Wildman–Crippen LogP) is 2.55. The Bertz CT molecular complexity index is 284. The van der Waals surface area contributed by atoms with E-state index >= 15 is 0 Å². The highest BCUT2D eigenvalue weighted by molar-refractivity contribution is 7.38. The first kappa shape index (κ1) is 10.2. The van der Waals surface area contributed by atoms with E-state index in [1.807, 2.05) is 19.1 Å². The van der Waals surface area contributed by atoms with Crippen LogP contribution < -0.4 is 5.73 Å². The van der Waals surface area contributed by atoms with Gasteiger partial charge in [0, 0.05) is 11.3 Å². The minimum absolute atomic E-state index is 0.462. The Morgan fingerprint density at radius 3 is 2.54 bits per heavy atom. The molecule has 0 saturated heterocycles. The first-order valence-corrected chi connectivity index (χ1v) is 5.50. The maximum Gasteiger partial charge on any atom is 0.512 e. The van der Waals surface area contributed by atoms with Crippen molar-refractivity contribution >= 4 is 13.7 Å². The summed E-state index contributed by atoms with van der Waals surface area (Å²) in [4.78, 5) is 0. The lowest BCUT2D eigenvalue weighted by molar-refractivity contribution is 0.350. The Hall–Kier alpha value is -0.920. The van der Waals surface area contributed by atoms with Gasteiger partial charge in [0.1, 0.15) is 0 Å². The van der Waals surface area contributed by atoms with Crippen LogP contribution in [0.25, 0.3) is 0 Å². The van der Waals surface area contributed by atoms with Crippen LogP contribution in [0.2, 0.25) is 0 Å². The zero-order valence-corrected chi connectivity index (χ0v) is 8.46. The smallest absolute Gasteiger partial charge is 0.399 e. The lowest BCUT2D eigenvalue weighted by atomic mass is 10.2. The van der Waals surface area contributed by atoms with Crippen LogP contribution in [0.15, 0.2) is 24.3 Å². The molecule has 2 N–H and O–H groups in total. The SMILES string of the molecule is CCO[P+](=O)Cc1ccc(N)cc1. The number of hydrogen-bond acceptors (Lipinski definition) is 3. The molecule has 3 nitrogen and oxygen atoms in total. The van der Waals surface area contributed by atoms with E-state index in [2.05, 4.69) is 0 Å². The minimum Gasteiger partial charge on any atom is -0.399 e. The fourth-order valence-corrected chi connectivity index (χ4v) is 1.85. The Labute approximate surface area is 78.8 Å². The second-order valence-corrected chi connectivity index (χ2v) is 3.89. The van der Waals surface area contributed by atoms with E-state index in [0.717, 1.165) is 11.3 Å². The van der Waals surface area contributed by atoms with Crippen LogP contribution in [0.1, 0.15) is 12.5 Å². The molecular formula is C9H13NO2P+. The Kier molecular flexibility index (Phi) is 3.87. The zero-order chi connectivity index (χ0) is 9.68. The second kappa shape index (κ2) is 4.95. The molecule has 0 heterocycles. The van der Waals surface area contributed by atoms with Crippen molar-refractivity contribution in [2.75, 3.05) is 12.3 Å². The van der Waals surface area contributed by atoms with Gasteiger partial charge in [-0.15, -0.1) is 4.52 Å². The first-order chi connectivity index (χ1) is 6.22. The molecule has 0 radical (unpaired) electrons. The van der Waals surface area contributed by atoms with Gasteiger partial charge in [-0.3, -0.25) is 0 Å². The number of nitrogen functional groups attached to an aromatic ring is 1. The molecule has 70 valence electrons. The monoisotopic (exact) mass is 198 g/mol. The summed E-state index contributed by atoms with van der Waals surface area (Å²) in [7, 11) is -1.56. The third-order valence-corrected chi connectivity index (χ3v) is 2.73. The van der Waals surface area contributed by atoms with E-state index in [4.69, 9.17) is 10.3 Å². The summed E-state index contributed by atoms with van der Waals surface area (Å²) >= 11 is 0. The van der Waals surface area contributed by atoms with E-state index in [0.29, 0.717) is 12.8 Å². The molecule has 1 rings (SSSR count). The highest BCUT2D eigenvalue weighted by Crippen LogP contribution is 2.27. The Balaban J connectivity index is 2.54. The molecule has 0 amide bonds. The molecular weight excluding hydrogens is 185 g/mol. The van der Waals surface area contributed by atoms with Crippen LogP contribution in [0.5, 0.6) is 0 Å². The maximum absolute atomic E-state index is 11.2. The largest absolute Gasteiger partial charge is 0.512 e. The molecule has 1 atom stereocenters. The van der Waals surface area contributed by atoms with Crippen LogP contribution in [0.3, 0.4) is 0 Å². The summed E-state index contributed by atoms with van der Waals surface area (Å²) in [6.07, 6.45) is 0.462. The normalized spacial score (nSPS) is 11.3. The number of anilines is 1. The van der Waals surface area contributed by atoms with Crippen molar-refractivity contribution in [2.45, 2.75) is 13.1 Å². The van der Waals surface area contributed by atoms with Crippen molar-refractivity contribution in [1.29, 1.82) is 0 Å². The highest BCUT2D eigenvalue weighted by Gasteiger charge is 2.16.